The number of aromatic amines is 1. The SMILES string of the molecule is Cc1c(C(=O)Nc2nn(C)cc2Cl)n[nH]c1C(F)(F)F. The number of hydrogen-bond donors (Lipinski definition) is 2. The number of hydrogen-bond acceptors (Lipinski definition) is 3. The molecule has 2 aromatic heterocycles. The first-order valence-corrected chi connectivity index (χ1v) is 5.70. The van der Waals surface area contributed by atoms with Crippen LogP contribution in [-0.4, -0.2) is 25.9 Å². The zero-order valence-electron chi connectivity index (χ0n) is 10.3. The third-order valence-corrected chi connectivity index (χ3v) is 2.80. The number of halogens is 4. The van der Waals surface area contributed by atoms with E-state index in [4.69, 9.17) is 11.6 Å². The maximum Gasteiger partial charge on any atom is 0.433 e. The van der Waals surface area contributed by atoms with E-state index in [0.29, 0.717) is 0 Å². The molecule has 2 N–H and O–H groups in total. The Bertz CT molecular complexity index is 660. The molecule has 0 saturated heterocycles. The van der Waals surface area contributed by atoms with Crippen LogP contribution in [0.3, 0.4) is 0 Å². The number of aromatic nitrogens is 4. The Morgan fingerprint density at radius 2 is 2.15 bits per heavy atom. The summed E-state index contributed by atoms with van der Waals surface area (Å²) in [6, 6.07) is 0. The molecule has 10 heteroatoms. The maximum atomic E-state index is 12.6. The van der Waals surface area contributed by atoms with Gasteiger partial charge in [0.15, 0.2) is 11.5 Å². The van der Waals surface area contributed by atoms with Crippen molar-refractivity contribution in [2.75, 3.05) is 5.32 Å². The summed E-state index contributed by atoms with van der Waals surface area (Å²) in [5, 5.41) is 11.5. The zero-order chi connectivity index (χ0) is 15.1. The van der Waals surface area contributed by atoms with Gasteiger partial charge in [-0.25, -0.2) is 0 Å². The molecule has 20 heavy (non-hydrogen) atoms. The normalized spacial score (nSPS) is 11.7. The van der Waals surface area contributed by atoms with E-state index < -0.39 is 17.8 Å². The van der Waals surface area contributed by atoms with Crippen molar-refractivity contribution in [3.05, 3.63) is 28.2 Å². The lowest BCUT2D eigenvalue weighted by molar-refractivity contribution is -0.141. The number of alkyl halides is 3. The van der Waals surface area contributed by atoms with E-state index in [1.807, 2.05) is 0 Å². The monoisotopic (exact) mass is 307 g/mol. The largest absolute Gasteiger partial charge is 0.433 e. The molecular weight excluding hydrogens is 299 g/mol. The highest BCUT2D eigenvalue weighted by molar-refractivity contribution is 6.33. The van der Waals surface area contributed by atoms with Crippen LogP contribution in [0.1, 0.15) is 21.7 Å². The summed E-state index contributed by atoms with van der Waals surface area (Å²) in [7, 11) is 1.59. The third kappa shape index (κ3) is 2.62. The van der Waals surface area contributed by atoms with Crippen molar-refractivity contribution in [3.63, 3.8) is 0 Å². The Labute approximate surface area is 115 Å². The van der Waals surface area contributed by atoms with Crippen molar-refractivity contribution in [1.29, 1.82) is 0 Å². The van der Waals surface area contributed by atoms with Gasteiger partial charge in [0, 0.05) is 18.8 Å². The van der Waals surface area contributed by atoms with E-state index in [2.05, 4.69) is 15.5 Å². The van der Waals surface area contributed by atoms with Crippen molar-refractivity contribution < 1.29 is 18.0 Å². The second kappa shape index (κ2) is 4.82. The van der Waals surface area contributed by atoms with Crippen LogP contribution in [0, 0.1) is 6.92 Å². The number of amides is 1. The molecular formula is C10H9ClF3N5O. The molecule has 0 aliphatic rings. The Balaban J connectivity index is 2.27. The lowest BCUT2D eigenvalue weighted by Gasteiger charge is -2.04. The summed E-state index contributed by atoms with van der Waals surface area (Å²) in [4.78, 5) is 11.9. The second-order valence-electron chi connectivity index (χ2n) is 4.02. The Kier molecular flexibility index (Phi) is 3.46. The highest BCUT2D eigenvalue weighted by Crippen LogP contribution is 2.31. The summed E-state index contributed by atoms with van der Waals surface area (Å²) in [6.45, 7) is 1.15. The van der Waals surface area contributed by atoms with E-state index in [-0.39, 0.29) is 22.1 Å². The standard InChI is InChI=1S/C10H9ClF3N5O/c1-4-6(16-17-7(4)10(12,13)14)9(20)15-8-5(11)3-19(2)18-8/h3H,1-2H3,(H,16,17)(H,15,18,20). The fourth-order valence-corrected chi connectivity index (χ4v) is 1.83. The van der Waals surface area contributed by atoms with Crippen molar-refractivity contribution in [2.24, 2.45) is 7.05 Å². The lowest BCUT2D eigenvalue weighted by atomic mass is 10.2. The number of aryl methyl sites for hydroxylation is 1. The Morgan fingerprint density at radius 1 is 1.50 bits per heavy atom. The van der Waals surface area contributed by atoms with Gasteiger partial charge in [-0.1, -0.05) is 11.6 Å². The van der Waals surface area contributed by atoms with Gasteiger partial charge >= 0.3 is 6.18 Å². The number of H-pyrrole nitrogens is 1. The number of nitrogens with one attached hydrogen (secondary N) is 2. The molecule has 2 aromatic rings. The zero-order valence-corrected chi connectivity index (χ0v) is 11.1. The van der Waals surface area contributed by atoms with Gasteiger partial charge in [0.1, 0.15) is 10.7 Å². The molecule has 0 radical (unpaired) electrons. The van der Waals surface area contributed by atoms with E-state index in [1.165, 1.54) is 10.9 Å². The quantitative estimate of drug-likeness (QED) is 0.894. The lowest BCUT2D eigenvalue weighted by Crippen LogP contribution is -2.15. The molecule has 0 fully saturated rings. The smallest absolute Gasteiger partial charge is 0.302 e. The van der Waals surface area contributed by atoms with Crippen molar-refractivity contribution >= 4 is 23.3 Å². The van der Waals surface area contributed by atoms with Crippen LogP contribution in [0.2, 0.25) is 5.02 Å². The summed E-state index contributed by atoms with van der Waals surface area (Å²) < 4.78 is 39.1. The molecule has 0 aliphatic heterocycles. The van der Waals surface area contributed by atoms with Gasteiger partial charge in [0.05, 0.1) is 0 Å². The third-order valence-electron chi connectivity index (χ3n) is 2.52. The van der Waals surface area contributed by atoms with Crippen molar-refractivity contribution in [2.45, 2.75) is 13.1 Å². The molecule has 0 spiro atoms. The van der Waals surface area contributed by atoms with Crippen molar-refractivity contribution in [1.82, 2.24) is 20.0 Å². The first-order chi connectivity index (χ1) is 9.20. The van der Waals surface area contributed by atoms with E-state index >= 15 is 0 Å². The first kappa shape index (κ1) is 14.4. The molecule has 0 aliphatic carbocycles. The first-order valence-electron chi connectivity index (χ1n) is 5.32. The number of rotatable bonds is 2. The van der Waals surface area contributed by atoms with Gasteiger partial charge in [-0.2, -0.15) is 23.4 Å². The van der Waals surface area contributed by atoms with Crippen LogP contribution in [0.5, 0.6) is 0 Å². The number of carbonyl (C=O) groups excluding carboxylic acids is 1. The van der Waals surface area contributed by atoms with Crippen LogP contribution in [0.4, 0.5) is 19.0 Å². The average Bonchev–Trinajstić information content (AvgIpc) is 2.82. The number of nitrogens with zero attached hydrogens (tertiary/aromatic N) is 3. The number of carbonyl (C=O) groups is 1. The molecule has 2 heterocycles. The fourth-order valence-electron chi connectivity index (χ4n) is 1.61. The molecule has 0 atom stereocenters. The predicted octanol–water partition coefficient (Wildman–Crippen LogP) is 2.38. The van der Waals surface area contributed by atoms with Crippen LogP contribution in [-0.2, 0) is 13.2 Å². The van der Waals surface area contributed by atoms with Gasteiger partial charge in [-0.3, -0.25) is 14.6 Å². The highest BCUT2D eigenvalue weighted by atomic mass is 35.5. The maximum absolute atomic E-state index is 12.6. The topological polar surface area (TPSA) is 75.6 Å². The second-order valence-corrected chi connectivity index (χ2v) is 4.43. The van der Waals surface area contributed by atoms with Crippen LogP contribution >= 0.6 is 11.6 Å². The molecule has 2 rings (SSSR count). The molecule has 0 bridgehead atoms. The molecule has 0 saturated carbocycles. The van der Waals surface area contributed by atoms with Crippen LogP contribution < -0.4 is 5.32 Å². The van der Waals surface area contributed by atoms with Gasteiger partial charge in [0.2, 0.25) is 0 Å². The van der Waals surface area contributed by atoms with Crippen LogP contribution in [0.25, 0.3) is 0 Å². The minimum atomic E-state index is -4.60. The van der Waals surface area contributed by atoms with E-state index in [0.717, 1.165) is 6.92 Å². The molecule has 6 nitrogen and oxygen atoms in total. The Morgan fingerprint density at radius 3 is 2.60 bits per heavy atom. The molecule has 108 valence electrons. The summed E-state index contributed by atoms with van der Waals surface area (Å²) in [5.41, 5.74) is -1.71. The Hall–Kier alpha value is -2.03. The van der Waals surface area contributed by atoms with Gasteiger partial charge in [-0.15, -0.1) is 0 Å². The minimum Gasteiger partial charge on any atom is -0.302 e. The van der Waals surface area contributed by atoms with Gasteiger partial charge < -0.3 is 5.32 Å². The highest BCUT2D eigenvalue weighted by Gasteiger charge is 2.37. The number of anilines is 1. The van der Waals surface area contributed by atoms with E-state index in [9.17, 15) is 18.0 Å². The summed E-state index contributed by atoms with van der Waals surface area (Å²) in [5.74, 6) is -0.773. The predicted molar refractivity (Wildman–Crippen MR) is 64.5 cm³/mol. The van der Waals surface area contributed by atoms with Crippen LogP contribution in [0.15, 0.2) is 6.20 Å². The van der Waals surface area contributed by atoms with Crippen molar-refractivity contribution in [3.8, 4) is 0 Å². The molecule has 0 unspecified atom stereocenters. The molecule has 0 aromatic carbocycles. The fraction of sp³-hybridized carbons (Fsp3) is 0.300. The van der Waals surface area contributed by atoms with E-state index in [1.54, 1.807) is 12.1 Å². The summed E-state index contributed by atoms with van der Waals surface area (Å²) >= 11 is 5.79. The van der Waals surface area contributed by atoms with Gasteiger partial charge in [-0.05, 0) is 6.92 Å². The average molecular weight is 308 g/mol. The minimum absolute atomic E-state index is 0.0510. The van der Waals surface area contributed by atoms with Gasteiger partial charge in [0.25, 0.3) is 5.91 Å². The molecule has 1 amide bonds. The summed E-state index contributed by atoms with van der Waals surface area (Å²) in [6.07, 6.45) is -3.16.